The number of hydroxylamine groups is 2. The number of hydrogen-bond acceptors (Lipinski definition) is 2. The van der Waals surface area contributed by atoms with Gasteiger partial charge in [0.15, 0.2) is 0 Å². The Hall–Kier alpha value is -0.120. The van der Waals surface area contributed by atoms with Gasteiger partial charge in [0.25, 0.3) is 0 Å². The number of quaternary nitrogens is 1. The van der Waals surface area contributed by atoms with Crippen molar-refractivity contribution < 1.29 is 10.4 Å². The van der Waals surface area contributed by atoms with Crippen LogP contribution in [0.25, 0.3) is 0 Å². The molecule has 0 aromatic carbocycles. The lowest BCUT2D eigenvalue weighted by Crippen LogP contribution is -3.04. The van der Waals surface area contributed by atoms with Crippen molar-refractivity contribution in [2.24, 2.45) is 0 Å². The lowest BCUT2D eigenvalue weighted by molar-refractivity contribution is -1.05. The molecule has 0 amide bonds. The zero-order valence-corrected chi connectivity index (χ0v) is 5.89. The summed E-state index contributed by atoms with van der Waals surface area (Å²) in [4.78, 5) is 0. The predicted octanol–water partition coefficient (Wildman–Crippen LogP) is 0.339. The third-order valence-electron chi connectivity index (χ3n) is 1.24. The highest BCUT2D eigenvalue weighted by molar-refractivity contribution is 4.36. The SMILES string of the molecule is CCCCCC[NH+]([O-])O. The average molecular weight is 133 g/mol. The minimum Gasteiger partial charge on any atom is -0.600 e. The Morgan fingerprint density at radius 2 is 2.00 bits per heavy atom. The van der Waals surface area contributed by atoms with E-state index in [-0.39, 0.29) is 0 Å². The average Bonchev–Trinajstić information content (AvgIpc) is 1.80. The van der Waals surface area contributed by atoms with Crippen molar-refractivity contribution in [2.45, 2.75) is 32.6 Å². The summed E-state index contributed by atoms with van der Waals surface area (Å²) in [5.41, 5.74) is 0. The molecule has 0 fully saturated rings. The van der Waals surface area contributed by atoms with Crippen LogP contribution in [0.5, 0.6) is 0 Å². The zero-order chi connectivity index (χ0) is 7.11. The van der Waals surface area contributed by atoms with E-state index in [1.807, 2.05) is 0 Å². The van der Waals surface area contributed by atoms with Crippen LogP contribution >= 0.6 is 0 Å². The van der Waals surface area contributed by atoms with E-state index < -0.39 is 5.23 Å². The molecule has 9 heavy (non-hydrogen) atoms. The lowest BCUT2D eigenvalue weighted by Gasteiger charge is -2.10. The first-order valence-corrected chi connectivity index (χ1v) is 3.49. The molecule has 0 aliphatic rings. The number of unbranched alkanes of at least 4 members (excludes halogenated alkanes) is 3. The zero-order valence-electron chi connectivity index (χ0n) is 5.89. The molecule has 3 heteroatoms. The van der Waals surface area contributed by atoms with Crippen LogP contribution < -0.4 is 5.23 Å². The van der Waals surface area contributed by atoms with E-state index in [0.717, 1.165) is 19.3 Å². The van der Waals surface area contributed by atoms with Crippen LogP contribution in [-0.4, -0.2) is 11.8 Å². The van der Waals surface area contributed by atoms with Gasteiger partial charge in [0.05, 0.1) is 0 Å². The van der Waals surface area contributed by atoms with Crippen LogP contribution in [-0.2, 0) is 0 Å². The van der Waals surface area contributed by atoms with E-state index in [0.29, 0.717) is 6.54 Å². The smallest absolute Gasteiger partial charge is 0.106 e. The molecular weight excluding hydrogens is 118 g/mol. The monoisotopic (exact) mass is 133 g/mol. The molecule has 0 heterocycles. The van der Waals surface area contributed by atoms with E-state index in [4.69, 9.17) is 5.21 Å². The van der Waals surface area contributed by atoms with Crippen molar-refractivity contribution in [3.8, 4) is 0 Å². The topological polar surface area (TPSA) is 47.7 Å². The highest BCUT2D eigenvalue weighted by Crippen LogP contribution is 1.95. The third kappa shape index (κ3) is 7.88. The van der Waals surface area contributed by atoms with Gasteiger partial charge in [0.1, 0.15) is 6.54 Å². The van der Waals surface area contributed by atoms with Gasteiger partial charge in [-0.15, -0.1) is 0 Å². The molecule has 0 bridgehead atoms. The molecule has 0 spiro atoms. The van der Waals surface area contributed by atoms with Crippen molar-refractivity contribution in [2.75, 3.05) is 6.54 Å². The standard InChI is InChI=1S/C6H15NO2/c1-2-3-4-5-6-7(8)9/h7-8H,2-6H2,1H3. The molecule has 2 N–H and O–H groups in total. The second-order valence-electron chi connectivity index (χ2n) is 2.20. The Bertz CT molecular complexity index is 57.0. The summed E-state index contributed by atoms with van der Waals surface area (Å²) in [5, 5.41) is 17.5. The molecule has 0 aliphatic heterocycles. The molecule has 0 saturated heterocycles. The fourth-order valence-corrected chi connectivity index (χ4v) is 0.703. The second-order valence-corrected chi connectivity index (χ2v) is 2.20. The Balaban J connectivity index is 2.75. The summed E-state index contributed by atoms with van der Waals surface area (Å²) in [7, 11) is 0. The van der Waals surface area contributed by atoms with Crippen LogP contribution in [0.1, 0.15) is 32.6 Å². The van der Waals surface area contributed by atoms with E-state index in [1.165, 1.54) is 6.42 Å². The van der Waals surface area contributed by atoms with Gasteiger partial charge in [0.2, 0.25) is 0 Å². The van der Waals surface area contributed by atoms with Crippen molar-refractivity contribution >= 4 is 0 Å². The van der Waals surface area contributed by atoms with E-state index in [9.17, 15) is 5.21 Å². The molecule has 0 rings (SSSR count). The first-order valence-electron chi connectivity index (χ1n) is 3.49. The van der Waals surface area contributed by atoms with Crippen molar-refractivity contribution in [3.05, 3.63) is 5.21 Å². The largest absolute Gasteiger partial charge is 0.600 e. The van der Waals surface area contributed by atoms with Gasteiger partial charge in [-0.05, 0) is 12.8 Å². The minimum absolute atomic E-state index is 0.333. The van der Waals surface area contributed by atoms with Crippen LogP contribution in [0.15, 0.2) is 0 Å². The number of hydrogen-bond donors (Lipinski definition) is 2. The quantitative estimate of drug-likeness (QED) is 0.419. The molecular formula is C6H15NO2. The van der Waals surface area contributed by atoms with Crippen LogP contribution in [0.2, 0.25) is 0 Å². The Morgan fingerprint density at radius 3 is 2.44 bits per heavy atom. The van der Waals surface area contributed by atoms with Gasteiger partial charge in [0, 0.05) is 0 Å². The summed E-state index contributed by atoms with van der Waals surface area (Å²) in [6.07, 6.45) is 4.22. The van der Waals surface area contributed by atoms with Gasteiger partial charge in [-0.1, -0.05) is 19.8 Å². The first kappa shape index (κ1) is 8.88. The van der Waals surface area contributed by atoms with Gasteiger partial charge in [-0.2, -0.15) is 0 Å². The van der Waals surface area contributed by atoms with Crippen molar-refractivity contribution in [1.82, 2.24) is 0 Å². The number of rotatable bonds is 5. The van der Waals surface area contributed by atoms with E-state index >= 15 is 0 Å². The van der Waals surface area contributed by atoms with Gasteiger partial charge in [-0.25, -0.2) is 10.4 Å². The Labute approximate surface area is 55.8 Å². The molecule has 0 aliphatic carbocycles. The minimum atomic E-state index is -0.675. The number of nitrogens with one attached hydrogen (secondary N) is 1. The predicted molar refractivity (Wildman–Crippen MR) is 35.1 cm³/mol. The molecule has 0 radical (unpaired) electrons. The highest BCUT2D eigenvalue weighted by Gasteiger charge is 1.90. The fraction of sp³-hybridized carbons (Fsp3) is 1.00. The summed E-state index contributed by atoms with van der Waals surface area (Å²) >= 11 is 0. The van der Waals surface area contributed by atoms with Crippen LogP contribution in [0.3, 0.4) is 0 Å². The molecule has 1 atom stereocenters. The van der Waals surface area contributed by atoms with Gasteiger partial charge >= 0.3 is 0 Å². The maximum Gasteiger partial charge on any atom is 0.106 e. The van der Waals surface area contributed by atoms with Crippen LogP contribution in [0, 0.1) is 5.21 Å². The summed E-state index contributed by atoms with van der Waals surface area (Å²) < 4.78 is 0. The molecule has 1 unspecified atom stereocenters. The molecule has 0 aromatic heterocycles. The second kappa shape index (κ2) is 6.01. The summed E-state index contributed by atoms with van der Waals surface area (Å²) in [5.74, 6) is 0. The van der Waals surface area contributed by atoms with E-state index in [2.05, 4.69) is 6.92 Å². The normalized spacial score (nSPS) is 13.7. The first-order chi connectivity index (χ1) is 4.27. The third-order valence-corrected chi connectivity index (χ3v) is 1.24. The summed E-state index contributed by atoms with van der Waals surface area (Å²) in [6.45, 7) is 2.45. The van der Waals surface area contributed by atoms with E-state index in [1.54, 1.807) is 0 Å². The van der Waals surface area contributed by atoms with Crippen LogP contribution in [0.4, 0.5) is 0 Å². The Kier molecular flexibility index (Phi) is 5.93. The lowest BCUT2D eigenvalue weighted by atomic mass is 10.2. The van der Waals surface area contributed by atoms with Crippen molar-refractivity contribution in [1.29, 1.82) is 0 Å². The molecule has 0 saturated carbocycles. The van der Waals surface area contributed by atoms with Gasteiger partial charge in [-0.3, -0.25) is 0 Å². The summed E-state index contributed by atoms with van der Waals surface area (Å²) in [6, 6.07) is 0. The maximum absolute atomic E-state index is 9.96. The maximum atomic E-state index is 9.96. The molecule has 0 aromatic rings. The molecule has 56 valence electrons. The Morgan fingerprint density at radius 1 is 1.33 bits per heavy atom. The van der Waals surface area contributed by atoms with Crippen molar-refractivity contribution in [3.63, 3.8) is 0 Å². The van der Waals surface area contributed by atoms with Gasteiger partial charge < -0.3 is 5.21 Å². The molecule has 3 nitrogen and oxygen atoms in total. The fourth-order valence-electron chi connectivity index (χ4n) is 0.703. The highest BCUT2D eigenvalue weighted by atomic mass is 16.8.